The lowest BCUT2D eigenvalue weighted by Gasteiger charge is -2.13. The molecule has 0 radical (unpaired) electrons. The van der Waals surface area contributed by atoms with Gasteiger partial charge in [-0.3, -0.25) is 9.71 Å². The number of nitrogens with two attached hydrogens (primary N) is 1. The minimum atomic E-state index is -3.85. The number of ether oxygens (including phenoxy) is 1. The third kappa shape index (κ3) is 2.80. The van der Waals surface area contributed by atoms with Crippen molar-refractivity contribution in [2.24, 2.45) is 0 Å². The van der Waals surface area contributed by atoms with Crippen molar-refractivity contribution in [1.82, 2.24) is 9.97 Å². The fourth-order valence-corrected chi connectivity index (χ4v) is 2.77. The normalized spacial score (nSPS) is 11.1. The third-order valence-electron chi connectivity index (χ3n) is 2.64. The van der Waals surface area contributed by atoms with E-state index >= 15 is 0 Å². The number of sulfonamides is 1. The van der Waals surface area contributed by atoms with Crippen LogP contribution in [0.15, 0.2) is 35.6 Å². The number of anilines is 2. The molecule has 0 saturated carbocycles. The molecule has 7 nitrogen and oxygen atoms in total. The van der Waals surface area contributed by atoms with E-state index in [4.69, 9.17) is 10.5 Å². The molecule has 106 valence electrons. The van der Waals surface area contributed by atoms with Crippen LogP contribution in [0.4, 0.5) is 11.5 Å². The van der Waals surface area contributed by atoms with Crippen molar-refractivity contribution < 1.29 is 13.2 Å². The number of methoxy groups -OCH3 is 1. The maximum absolute atomic E-state index is 12.3. The van der Waals surface area contributed by atoms with E-state index in [1.165, 1.54) is 31.8 Å². The number of nitrogen functional groups attached to an aromatic ring is 1. The van der Waals surface area contributed by atoms with Gasteiger partial charge in [-0.15, -0.1) is 0 Å². The van der Waals surface area contributed by atoms with Crippen LogP contribution >= 0.6 is 0 Å². The van der Waals surface area contributed by atoms with Crippen LogP contribution in [0.2, 0.25) is 0 Å². The van der Waals surface area contributed by atoms with Gasteiger partial charge in [-0.25, -0.2) is 13.4 Å². The summed E-state index contributed by atoms with van der Waals surface area (Å²) in [6, 6.07) is 2.92. The number of nitrogens with one attached hydrogen (secondary N) is 1. The quantitative estimate of drug-likeness (QED) is 0.820. The van der Waals surface area contributed by atoms with Crippen molar-refractivity contribution in [3.63, 3.8) is 0 Å². The van der Waals surface area contributed by atoms with E-state index in [0.29, 0.717) is 5.69 Å². The van der Waals surface area contributed by atoms with E-state index in [1.807, 2.05) is 0 Å². The summed E-state index contributed by atoms with van der Waals surface area (Å²) >= 11 is 0. The van der Waals surface area contributed by atoms with Crippen LogP contribution in [0.5, 0.6) is 5.75 Å². The molecule has 1 aromatic heterocycles. The predicted octanol–water partition coefficient (Wildman–Crippen LogP) is 1.18. The van der Waals surface area contributed by atoms with E-state index in [2.05, 4.69) is 14.7 Å². The first-order valence-corrected chi connectivity index (χ1v) is 7.15. The van der Waals surface area contributed by atoms with Crippen molar-refractivity contribution in [2.45, 2.75) is 11.8 Å². The SMILES string of the molecule is COc1cc(C)c(N)cc1S(=O)(=O)Nc1cnccn1. The van der Waals surface area contributed by atoms with Crippen molar-refractivity contribution in [2.75, 3.05) is 17.6 Å². The molecule has 2 aromatic rings. The van der Waals surface area contributed by atoms with Crippen molar-refractivity contribution >= 4 is 21.5 Å². The van der Waals surface area contributed by atoms with Crippen molar-refractivity contribution in [3.05, 3.63) is 36.3 Å². The average Bonchev–Trinajstić information content (AvgIpc) is 2.42. The van der Waals surface area contributed by atoms with Gasteiger partial charge in [0.2, 0.25) is 0 Å². The van der Waals surface area contributed by atoms with E-state index in [1.54, 1.807) is 13.0 Å². The fraction of sp³-hybridized carbons (Fsp3) is 0.167. The Kier molecular flexibility index (Phi) is 3.75. The van der Waals surface area contributed by atoms with Gasteiger partial charge in [0.1, 0.15) is 10.6 Å². The number of aryl methyl sites for hydroxylation is 1. The van der Waals surface area contributed by atoms with Crippen LogP contribution in [-0.4, -0.2) is 25.5 Å². The zero-order valence-electron chi connectivity index (χ0n) is 11.0. The topological polar surface area (TPSA) is 107 Å². The standard InChI is InChI=1S/C12H14N4O3S/c1-8-5-10(19-2)11(6-9(8)13)20(17,18)16-12-7-14-3-4-15-12/h3-7H,13H2,1-2H3,(H,15,16). The summed E-state index contributed by atoms with van der Waals surface area (Å²) in [5.74, 6) is 0.335. The second kappa shape index (κ2) is 5.33. The molecule has 0 atom stereocenters. The Balaban J connectivity index is 2.47. The summed E-state index contributed by atoms with van der Waals surface area (Å²) in [5.41, 5.74) is 6.86. The van der Waals surface area contributed by atoms with Gasteiger partial charge < -0.3 is 10.5 Å². The first-order valence-electron chi connectivity index (χ1n) is 5.67. The summed E-state index contributed by atoms with van der Waals surface area (Å²) in [5, 5.41) is 0. The van der Waals surface area contributed by atoms with Crippen LogP contribution in [0.3, 0.4) is 0 Å². The second-order valence-electron chi connectivity index (χ2n) is 4.06. The number of hydrogen-bond donors (Lipinski definition) is 2. The molecule has 0 aliphatic heterocycles. The summed E-state index contributed by atoms with van der Waals surface area (Å²) in [7, 11) is -2.46. The predicted molar refractivity (Wildman–Crippen MR) is 75.0 cm³/mol. The highest BCUT2D eigenvalue weighted by Crippen LogP contribution is 2.29. The van der Waals surface area contributed by atoms with E-state index in [-0.39, 0.29) is 16.5 Å². The highest BCUT2D eigenvalue weighted by Gasteiger charge is 2.21. The molecular weight excluding hydrogens is 280 g/mol. The zero-order valence-corrected chi connectivity index (χ0v) is 11.8. The minimum absolute atomic E-state index is 0.0475. The van der Waals surface area contributed by atoms with Gasteiger partial charge in [-0.05, 0) is 24.6 Å². The average molecular weight is 294 g/mol. The molecule has 0 amide bonds. The van der Waals surface area contributed by atoms with Gasteiger partial charge in [0, 0.05) is 18.1 Å². The van der Waals surface area contributed by atoms with Gasteiger partial charge in [0.15, 0.2) is 5.82 Å². The molecule has 0 bridgehead atoms. The largest absolute Gasteiger partial charge is 0.495 e. The highest BCUT2D eigenvalue weighted by atomic mass is 32.2. The second-order valence-corrected chi connectivity index (χ2v) is 5.71. The molecule has 0 fully saturated rings. The molecule has 0 aliphatic rings. The number of hydrogen-bond acceptors (Lipinski definition) is 6. The Morgan fingerprint density at radius 3 is 2.65 bits per heavy atom. The third-order valence-corrected chi connectivity index (χ3v) is 4.02. The van der Waals surface area contributed by atoms with E-state index in [0.717, 1.165) is 5.56 Å². The van der Waals surface area contributed by atoms with Crippen LogP contribution in [0.25, 0.3) is 0 Å². The molecule has 1 heterocycles. The lowest BCUT2D eigenvalue weighted by Crippen LogP contribution is -2.15. The van der Waals surface area contributed by atoms with Gasteiger partial charge >= 0.3 is 0 Å². The molecule has 20 heavy (non-hydrogen) atoms. The number of nitrogens with zero attached hydrogens (tertiary/aromatic N) is 2. The number of rotatable bonds is 4. The van der Waals surface area contributed by atoms with Gasteiger partial charge in [0.25, 0.3) is 10.0 Å². The first-order chi connectivity index (χ1) is 9.44. The summed E-state index contributed by atoms with van der Waals surface area (Å²) in [6.07, 6.45) is 4.14. The molecule has 3 N–H and O–H groups in total. The van der Waals surface area contributed by atoms with Crippen molar-refractivity contribution in [3.8, 4) is 5.75 Å². The zero-order chi connectivity index (χ0) is 14.8. The van der Waals surface area contributed by atoms with Gasteiger partial charge in [0.05, 0.1) is 13.3 Å². The molecule has 0 saturated heterocycles. The van der Waals surface area contributed by atoms with Crippen LogP contribution in [0, 0.1) is 6.92 Å². The molecular formula is C12H14N4O3S. The number of benzene rings is 1. The molecule has 0 spiro atoms. The maximum atomic E-state index is 12.3. The Hall–Kier alpha value is -2.35. The monoisotopic (exact) mass is 294 g/mol. The molecule has 1 aromatic carbocycles. The van der Waals surface area contributed by atoms with Gasteiger partial charge in [-0.1, -0.05) is 0 Å². The van der Waals surface area contributed by atoms with Gasteiger partial charge in [-0.2, -0.15) is 0 Å². The lowest BCUT2D eigenvalue weighted by molar-refractivity contribution is 0.402. The maximum Gasteiger partial charge on any atom is 0.266 e. The number of aromatic nitrogens is 2. The Bertz CT molecular complexity index is 717. The summed E-state index contributed by atoms with van der Waals surface area (Å²) in [6.45, 7) is 1.77. The van der Waals surface area contributed by atoms with Crippen LogP contribution in [-0.2, 0) is 10.0 Å². The van der Waals surface area contributed by atoms with E-state index in [9.17, 15) is 8.42 Å². The van der Waals surface area contributed by atoms with Crippen LogP contribution in [0.1, 0.15) is 5.56 Å². The molecule has 8 heteroatoms. The fourth-order valence-electron chi connectivity index (χ4n) is 1.59. The Morgan fingerprint density at radius 1 is 1.30 bits per heavy atom. The molecule has 0 aliphatic carbocycles. The minimum Gasteiger partial charge on any atom is -0.495 e. The lowest BCUT2D eigenvalue weighted by atomic mass is 10.2. The Labute approximate surface area is 116 Å². The Morgan fingerprint density at radius 2 is 2.05 bits per heavy atom. The first kappa shape index (κ1) is 14.1. The van der Waals surface area contributed by atoms with Crippen LogP contribution < -0.4 is 15.2 Å². The molecule has 0 unspecified atom stereocenters. The molecule has 2 rings (SSSR count). The highest BCUT2D eigenvalue weighted by molar-refractivity contribution is 7.92. The van der Waals surface area contributed by atoms with E-state index < -0.39 is 10.0 Å². The summed E-state index contributed by atoms with van der Waals surface area (Å²) in [4.78, 5) is 7.60. The summed E-state index contributed by atoms with van der Waals surface area (Å²) < 4.78 is 32.1. The van der Waals surface area contributed by atoms with Crippen molar-refractivity contribution in [1.29, 1.82) is 0 Å². The smallest absolute Gasteiger partial charge is 0.266 e.